The maximum Gasteiger partial charge on any atom is 0.219 e. The van der Waals surface area contributed by atoms with Gasteiger partial charge in [0.2, 0.25) is 5.91 Å². The second-order valence-electron chi connectivity index (χ2n) is 4.40. The van der Waals surface area contributed by atoms with E-state index < -0.39 is 0 Å². The van der Waals surface area contributed by atoms with Gasteiger partial charge in [-0.05, 0) is 37.8 Å². The molecule has 1 amide bonds. The van der Waals surface area contributed by atoms with Gasteiger partial charge < -0.3 is 4.90 Å². The van der Waals surface area contributed by atoms with Crippen LogP contribution in [-0.4, -0.2) is 22.3 Å². The van der Waals surface area contributed by atoms with E-state index in [1.165, 1.54) is 12.0 Å². The molecular weight excluding hydrogens is 200 g/mol. The highest BCUT2D eigenvalue weighted by Crippen LogP contribution is 2.31. The Hall–Kier alpha value is -1.38. The van der Waals surface area contributed by atoms with Crippen LogP contribution in [0.3, 0.4) is 0 Å². The van der Waals surface area contributed by atoms with Crippen molar-refractivity contribution in [2.45, 2.75) is 39.2 Å². The van der Waals surface area contributed by atoms with E-state index in [0.717, 1.165) is 25.1 Å². The first-order valence-corrected chi connectivity index (χ1v) is 5.89. The number of amides is 1. The number of likely N-dealkylation sites (tertiary alicyclic amines) is 1. The summed E-state index contributed by atoms with van der Waals surface area (Å²) in [5.41, 5.74) is 2.25. The zero-order chi connectivity index (χ0) is 11.5. The Morgan fingerprint density at radius 3 is 3.00 bits per heavy atom. The van der Waals surface area contributed by atoms with Crippen molar-refractivity contribution < 1.29 is 4.79 Å². The van der Waals surface area contributed by atoms with Crippen LogP contribution in [0, 0.1) is 6.92 Å². The van der Waals surface area contributed by atoms with E-state index in [0.29, 0.717) is 0 Å². The van der Waals surface area contributed by atoms with E-state index in [9.17, 15) is 4.79 Å². The van der Waals surface area contributed by atoms with E-state index in [1.54, 1.807) is 13.1 Å². The molecule has 3 nitrogen and oxygen atoms in total. The summed E-state index contributed by atoms with van der Waals surface area (Å²) in [7, 11) is 0. The molecule has 0 aliphatic carbocycles. The van der Waals surface area contributed by atoms with E-state index >= 15 is 0 Å². The minimum absolute atomic E-state index is 0.174. The number of piperidine rings is 1. The van der Waals surface area contributed by atoms with Crippen molar-refractivity contribution >= 4 is 5.91 Å². The quantitative estimate of drug-likeness (QED) is 0.725. The van der Waals surface area contributed by atoms with E-state index in [-0.39, 0.29) is 11.9 Å². The summed E-state index contributed by atoms with van der Waals surface area (Å²) in [4.78, 5) is 17.9. The zero-order valence-corrected chi connectivity index (χ0v) is 9.94. The van der Waals surface area contributed by atoms with Crippen LogP contribution in [0.1, 0.15) is 43.5 Å². The van der Waals surface area contributed by atoms with Crippen LogP contribution in [-0.2, 0) is 4.79 Å². The molecule has 0 radical (unpaired) electrons. The minimum Gasteiger partial charge on any atom is -0.336 e. The van der Waals surface area contributed by atoms with Crippen molar-refractivity contribution in [3.05, 3.63) is 29.6 Å². The van der Waals surface area contributed by atoms with Gasteiger partial charge in [0.05, 0.1) is 6.04 Å². The van der Waals surface area contributed by atoms with Crippen molar-refractivity contribution in [1.82, 2.24) is 9.88 Å². The molecule has 2 heterocycles. The number of carbonyl (C=O) groups is 1. The van der Waals surface area contributed by atoms with Crippen molar-refractivity contribution in [1.29, 1.82) is 0 Å². The third-order valence-corrected chi connectivity index (χ3v) is 3.31. The second-order valence-corrected chi connectivity index (χ2v) is 4.40. The maximum absolute atomic E-state index is 11.6. The molecular formula is C13H18N2O. The molecule has 16 heavy (non-hydrogen) atoms. The molecule has 1 aliphatic heterocycles. The Balaban J connectivity index is 2.30. The van der Waals surface area contributed by atoms with Crippen LogP contribution in [0.4, 0.5) is 0 Å². The predicted octanol–water partition coefficient (Wildman–Crippen LogP) is 2.46. The number of carbonyl (C=O) groups excluding carboxylic acids is 1. The van der Waals surface area contributed by atoms with Crippen LogP contribution in [0.15, 0.2) is 18.3 Å². The number of hydrogen-bond donors (Lipinski definition) is 0. The molecule has 0 aromatic carbocycles. The normalized spacial score (nSPS) is 20.9. The average Bonchev–Trinajstić information content (AvgIpc) is 2.29. The van der Waals surface area contributed by atoms with Gasteiger partial charge in [-0.3, -0.25) is 9.78 Å². The highest BCUT2D eigenvalue weighted by atomic mass is 16.2. The van der Waals surface area contributed by atoms with Crippen molar-refractivity contribution in [3.63, 3.8) is 0 Å². The van der Waals surface area contributed by atoms with Crippen molar-refractivity contribution in [3.8, 4) is 0 Å². The van der Waals surface area contributed by atoms with Gasteiger partial charge in [0.15, 0.2) is 0 Å². The molecule has 1 aliphatic rings. The van der Waals surface area contributed by atoms with Crippen LogP contribution >= 0.6 is 0 Å². The highest BCUT2D eigenvalue weighted by molar-refractivity contribution is 5.74. The van der Waals surface area contributed by atoms with Gasteiger partial charge in [-0.15, -0.1) is 0 Å². The fourth-order valence-corrected chi connectivity index (χ4v) is 2.48. The Kier molecular flexibility index (Phi) is 3.22. The van der Waals surface area contributed by atoms with Crippen molar-refractivity contribution in [2.24, 2.45) is 0 Å². The molecule has 2 rings (SSSR count). The highest BCUT2D eigenvalue weighted by Gasteiger charge is 2.26. The van der Waals surface area contributed by atoms with Gasteiger partial charge in [0.25, 0.3) is 0 Å². The summed E-state index contributed by atoms with van der Waals surface area (Å²) in [6.07, 6.45) is 5.18. The lowest BCUT2D eigenvalue weighted by Crippen LogP contribution is -2.37. The molecule has 1 unspecified atom stereocenters. The number of nitrogens with zero attached hydrogens (tertiary/aromatic N) is 2. The number of rotatable bonds is 1. The fourth-order valence-electron chi connectivity index (χ4n) is 2.48. The maximum atomic E-state index is 11.6. The van der Waals surface area contributed by atoms with Gasteiger partial charge >= 0.3 is 0 Å². The number of aromatic nitrogens is 1. The van der Waals surface area contributed by atoms with Gasteiger partial charge in [0.1, 0.15) is 0 Å². The Labute approximate surface area is 96.5 Å². The first-order chi connectivity index (χ1) is 7.70. The molecule has 0 spiro atoms. The first kappa shape index (κ1) is 11.1. The molecule has 1 atom stereocenters. The minimum atomic E-state index is 0.174. The molecule has 86 valence electrons. The average molecular weight is 218 g/mol. The van der Waals surface area contributed by atoms with Crippen LogP contribution in [0.25, 0.3) is 0 Å². The monoisotopic (exact) mass is 218 g/mol. The van der Waals surface area contributed by atoms with Gasteiger partial charge in [-0.2, -0.15) is 0 Å². The summed E-state index contributed by atoms with van der Waals surface area (Å²) >= 11 is 0. The summed E-state index contributed by atoms with van der Waals surface area (Å²) < 4.78 is 0. The summed E-state index contributed by atoms with van der Waals surface area (Å²) in [6.45, 7) is 4.56. The van der Waals surface area contributed by atoms with Crippen LogP contribution in [0.5, 0.6) is 0 Å². The van der Waals surface area contributed by atoms with Gasteiger partial charge in [-0.1, -0.05) is 6.07 Å². The lowest BCUT2D eigenvalue weighted by Gasteiger charge is -2.35. The van der Waals surface area contributed by atoms with Crippen molar-refractivity contribution in [2.75, 3.05) is 6.54 Å². The zero-order valence-electron chi connectivity index (χ0n) is 9.94. The smallest absolute Gasteiger partial charge is 0.219 e. The lowest BCUT2D eigenvalue weighted by molar-refractivity contribution is -0.132. The van der Waals surface area contributed by atoms with Crippen LogP contribution in [0.2, 0.25) is 0 Å². The molecule has 1 aromatic rings. The third-order valence-electron chi connectivity index (χ3n) is 3.31. The number of hydrogen-bond acceptors (Lipinski definition) is 2. The largest absolute Gasteiger partial charge is 0.336 e. The van der Waals surface area contributed by atoms with E-state index in [1.807, 2.05) is 17.9 Å². The predicted molar refractivity (Wildman–Crippen MR) is 63.0 cm³/mol. The molecule has 0 N–H and O–H groups in total. The summed E-state index contributed by atoms with van der Waals surface area (Å²) in [5, 5.41) is 0. The SMILES string of the molecule is CC(=O)N1CCCCC1c1cccnc1C. The molecule has 0 saturated carbocycles. The van der Waals surface area contributed by atoms with Gasteiger partial charge in [-0.25, -0.2) is 0 Å². The van der Waals surface area contributed by atoms with E-state index in [2.05, 4.69) is 11.1 Å². The Bertz CT molecular complexity index is 389. The topological polar surface area (TPSA) is 33.2 Å². The summed E-state index contributed by atoms with van der Waals surface area (Å²) in [6, 6.07) is 4.28. The van der Waals surface area contributed by atoms with Gasteiger partial charge in [0, 0.05) is 25.4 Å². The number of pyridine rings is 1. The molecule has 1 saturated heterocycles. The fraction of sp³-hybridized carbons (Fsp3) is 0.538. The molecule has 1 aromatic heterocycles. The number of aryl methyl sites for hydroxylation is 1. The molecule has 1 fully saturated rings. The van der Waals surface area contributed by atoms with E-state index in [4.69, 9.17) is 0 Å². The standard InChI is InChI=1S/C13H18N2O/c1-10-12(6-5-8-14-10)13-7-3-4-9-15(13)11(2)16/h5-6,8,13H,3-4,7,9H2,1-2H3. The second kappa shape index (κ2) is 4.64. The Morgan fingerprint density at radius 1 is 1.50 bits per heavy atom. The third kappa shape index (κ3) is 2.08. The Morgan fingerprint density at radius 2 is 2.31 bits per heavy atom. The first-order valence-electron chi connectivity index (χ1n) is 5.89. The lowest BCUT2D eigenvalue weighted by atomic mass is 9.94. The molecule has 3 heteroatoms. The molecule has 0 bridgehead atoms. The van der Waals surface area contributed by atoms with Crippen LogP contribution < -0.4 is 0 Å². The summed E-state index contributed by atoms with van der Waals surface area (Å²) in [5.74, 6) is 0.174.